The van der Waals surface area contributed by atoms with Gasteiger partial charge in [0.05, 0.1) is 12.6 Å². The van der Waals surface area contributed by atoms with Crippen LogP contribution in [0.5, 0.6) is 0 Å². The summed E-state index contributed by atoms with van der Waals surface area (Å²) in [5.41, 5.74) is 1.90. The van der Waals surface area contributed by atoms with E-state index in [2.05, 4.69) is 21.7 Å². The quantitative estimate of drug-likeness (QED) is 0.689. The molecule has 0 N–H and O–H groups in total. The Labute approximate surface area is 162 Å². The van der Waals surface area contributed by atoms with Gasteiger partial charge in [0.2, 0.25) is 0 Å². The van der Waals surface area contributed by atoms with E-state index in [9.17, 15) is 9.18 Å². The van der Waals surface area contributed by atoms with Crippen LogP contribution in [0, 0.1) is 5.82 Å². The number of hydrogen-bond donors (Lipinski definition) is 0. The number of rotatable bonds is 3. The second kappa shape index (κ2) is 6.55. The zero-order valence-corrected chi connectivity index (χ0v) is 15.7. The first kappa shape index (κ1) is 17.1. The minimum absolute atomic E-state index is 0.0332. The van der Waals surface area contributed by atoms with Gasteiger partial charge in [0.15, 0.2) is 5.82 Å². The van der Waals surface area contributed by atoms with Crippen molar-refractivity contribution in [3.63, 3.8) is 0 Å². The van der Waals surface area contributed by atoms with Crippen LogP contribution in [0.4, 0.5) is 4.39 Å². The summed E-state index contributed by atoms with van der Waals surface area (Å²) >= 11 is 0. The molecule has 28 heavy (non-hydrogen) atoms. The summed E-state index contributed by atoms with van der Waals surface area (Å²) in [6.45, 7) is 3.22. The van der Waals surface area contributed by atoms with E-state index < -0.39 is 0 Å². The van der Waals surface area contributed by atoms with Crippen molar-refractivity contribution in [2.75, 3.05) is 6.54 Å². The lowest BCUT2D eigenvalue weighted by molar-refractivity contribution is 0.0679. The van der Waals surface area contributed by atoms with Gasteiger partial charge in [0, 0.05) is 23.6 Å². The van der Waals surface area contributed by atoms with Crippen LogP contribution < -0.4 is 0 Å². The molecule has 5 nitrogen and oxygen atoms in total. The Hall–Kier alpha value is -3.02. The van der Waals surface area contributed by atoms with Crippen molar-refractivity contribution in [2.45, 2.75) is 38.3 Å². The monoisotopic (exact) mass is 376 g/mol. The Morgan fingerprint density at radius 1 is 1.07 bits per heavy atom. The van der Waals surface area contributed by atoms with Crippen LogP contribution >= 0.6 is 0 Å². The van der Waals surface area contributed by atoms with Crippen molar-refractivity contribution < 1.29 is 9.18 Å². The summed E-state index contributed by atoms with van der Waals surface area (Å²) in [6, 6.07) is 13.9. The Morgan fingerprint density at radius 3 is 2.54 bits per heavy atom. The number of nitrogens with zero attached hydrogens (tertiary/aromatic N) is 4. The minimum Gasteiger partial charge on any atom is -0.329 e. The predicted molar refractivity (Wildman–Crippen MR) is 103 cm³/mol. The smallest absolute Gasteiger partial charge is 0.254 e. The second-order valence-electron chi connectivity index (χ2n) is 7.71. The van der Waals surface area contributed by atoms with Crippen LogP contribution in [0.2, 0.25) is 0 Å². The summed E-state index contributed by atoms with van der Waals surface area (Å²) < 4.78 is 16.2. The summed E-state index contributed by atoms with van der Waals surface area (Å²) in [5, 5.41) is 8.71. The van der Waals surface area contributed by atoms with Crippen LogP contribution in [0.1, 0.15) is 53.7 Å². The molecule has 1 amide bonds. The molecule has 2 heterocycles. The van der Waals surface area contributed by atoms with Crippen LogP contribution in [-0.4, -0.2) is 32.1 Å². The van der Waals surface area contributed by atoms with Crippen molar-refractivity contribution in [1.82, 2.24) is 19.7 Å². The first-order chi connectivity index (χ1) is 13.6. The number of carbonyl (C=O) groups excluding carboxylic acids is 1. The van der Waals surface area contributed by atoms with Crippen LogP contribution in [0.25, 0.3) is 11.1 Å². The first-order valence-electron chi connectivity index (χ1n) is 9.69. The molecule has 2 aliphatic rings. The highest BCUT2D eigenvalue weighted by Gasteiger charge is 2.35. The van der Waals surface area contributed by atoms with Gasteiger partial charge >= 0.3 is 0 Å². The molecule has 5 rings (SSSR count). The molecular formula is C22H21FN4O. The number of carbonyl (C=O) groups is 1. The van der Waals surface area contributed by atoms with E-state index in [4.69, 9.17) is 0 Å². The maximum absolute atomic E-state index is 14.0. The number of fused-ring (bicyclic) bond motifs is 1. The maximum atomic E-state index is 14.0. The van der Waals surface area contributed by atoms with Crippen LogP contribution in [-0.2, 0) is 6.54 Å². The Morgan fingerprint density at radius 2 is 1.82 bits per heavy atom. The first-order valence-corrected chi connectivity index (χ1v) is 9.69. The van der Waals surface area contributed by atoms with E-state index in [-0.39, 0.29) is 17.8 Å². The second-order valence-corrected chi connectivity index (χ2v) is 7.71. The summed E-state index contributed by atoms with van der Waals surface area (Å²) in [4.78, 5) is 14.8. The fourth-order valence-corrected chi connectivity index (χ4v) is 4.01. The average Bonchev–Trinajstić information content (AvgIpc) is 3.47. The van der Waals surface area contributed by atoms with Gasteiger partial charge < -0.3 is 9.47 Å². The van der Waals surface area contributed by atoms with Crippen molar-refractivity contribution in [2.24, 2.45) is 0 Å². The van der Waals surface area contributed by atoms with Gasteiger partial charge in [0.1, 0.15) is 11.6 Å². The molecule has 0 bridgehead atoms. The molecule has 142 valence electrons. The molecule has 0 radical (unpaired) electrons. The fraction of sp³-hybridized carbons (Fsp3) is 0.318. The molecule has 1 aliphatic heterocycles. The van der Waals surface area contributed by atoms with Crippen molar-refractivity contribution >= 4 is 5.91 Å². The number of amides is 1. The van der Waals surface area contributed by atoms with E-state index in [1.54, 1.807) is 42.5 Å². The van der Waals surface area contributed by atoms with Crippen molar-refractivity contribution in [3.05, 3.63) is 71.6 Å². The number of halogens is 1. The van der Waals surface area contributed by atoms with Gasteiger partial charge in [-0.3, -0.25) is 4.79 Å². The zero-order chi connectivity index (χ0) is 19.3. The highest BCUT2D eigenvalue weighted by Crippen LogP contribution is 2.41. The van der Waals surface area contributed by atoms with Gasteiger partial charge in [0.25, 0.3) is 5.91 Å². The molecule has 2 aromatic carbocycles. The lowest BCUT2D eigenvalue weighted by atomic mass is 10.0. The molecule has 0 unspecified atom stereocenters. The molecule has 1 aliphatic carbocycles. The Kier molecular flexibility index (Phi) is 4.00. The average molecular weight is 376 g/mol. The number of aromatic nitrogens is 3. The van der Waals surface area contributed by atoms with Crippen LogP contribution in [0.3, 0.4) is 0 Å². The Balaban J connectivity index is 1.37. The molecular weight excluding hydrogens is 355 g/mol. The van der Waals surface area contributed by atoms with Gasteiger partial charge in [-0.15, -0.1) is 10.2 Å². The van der Waals surface area contributed by atoms with E-state index in [0.29, 0.717) is 30.1 Å². The summed E-state index contributed by atoms with van der Waals surface area (Å²) in [5.74, 6) is 2.17. The van der Waals surface area contributed by atoms with E-state index in [1.807, 2.05) is 4.90 Å². The highest BCUT2D eigenvalue weighted by atomic mass is 19.1. The molecule has 6 heteroatoms. The molecule has 3 aromatic rings. The van der Waals surface area contributed by atoms with Gasteiger partial charge in [-0.1, -0.05) is 30.3 Å². The summed E-state index contributed by atoms with van der Waals surface area (Å²) in [7, 11) is 0. The van der Waals surface area contributed by atoms with Gasteiger partial charge in [-0.2, -0.15) is 0 Å². The van der Waals surface area contributed by atoms with Crippen molar-refractivity contribution in [1.29, 1.82) is 0 Å². The molecule has 1 atom stereocenters. The SMILES string of the molecule is C[C@H]1CN(C(=O)c2ccc(-c3ccccc3F)cc2)Cc2nnc(C3CC3)n21. The molecule has 0 saturated heterocycles. The summed E-state index contributed by atoms with van der Waals surface area (Å²) in [6.07, 6.45) is 2.36. The topological polar surface area (TPSA) is 51.0 Å². The van der Waals surface area contributed by atoms with Crippen molar-refractivity contribution in [3.8, 4) is 11.1 Å². The normalized spacial score (nSPS) is 18.8. The third-order valence-corrected chi connectivity index (χ3v) is 5.60. The van der Waals surface area contributed by atoms with Crippen LogP contribution in [0.15, 0.2) is 48.5 Å². The van der Waals surface area contributed by atoms with E-state index in [1.165, 1.54) is 18.9 Å². The van der Waals surface area contributed by atoms with E-state index in [0.717, 1.165) is 17.2 Å². The predicted octanol–water partition coefficient (Wildman–Crippen LogP) is 4.18. The third-order valence-electron chi connectivity index (χ3n) is 5.60. The van der Waals surface area contributed by atoms with Gasteiger partial charge in [-0.05, 0) is 43.5 Å². The molecule has 0 spiro atoms. The number of hydrogen-bond acceptors (Lipinski definition) is 3. The van der Waals surface area contributed by atoms with E-state index >= 15 is 0 Å². The number of benzene rings is 2. The lowest BCUT2D eigenvalue weighted by Crippen LogP contribution is -2.40. The maximum Gasteiger partial charge on any atom is 0.254 e. The third kappa shape index (κ3) is 2.89. The minimum atomic E-state index is -0.266. The highest BCUT2D eigenvalue weighted by molar-refractivity contribution is 5.94. The Bertz CT molecular complexity index is 1040. The zero-order valence-electron chi connectivity index (χ0n) is 15.7. The largest absolute Gasteiger partial charge is 0.329 e. The standard InChI is InChI=1S/C22H21FN4O/c1-14-12-26(13-20-24-25-21(27(14)20)16-8-9-16)22(28)17-10-6-15(7-11-17)18-4-2-3-5-19(18)23/h2-7,10-11,14,16H,8-9,12-13H2,1H3/t14-/m0/s1. The van der Waals surface area contributed by atoms with Gasteiger partial charge in [-0.25, -0.2) is 4.39 Å². The fourth-order valence-electron chi connectivity index (χ4n) is 4.01. The molecule has 1 aromatic heterocycles. The molecule has 1 fully saturated rings. The lowest BCUT2D eigenvalue weighted by Gasteiger charge is -2.32. The molecule has 1 saturated carbocycles.